The summed E-state index contributed by atoms with van der Waals surface area (Å²) in [5.74, 6) is 1.30. The van der Waals surface area contributed by atoms with Gasteiger partial charge in [-0.1, -0.05) is 45.9 Å². The highest BCUT2D eigenvalue weighted by molar-refractivity contribution is 5.92. The first-order valence-corrected chi connectivity index (χ1v) is 9.88. The van der Waals surface area contributed by atoms with E-state index in [0.29, 0.717) is 30.5 Å². The zero-order valence-electron chi connectivity index (χ0n) is 17.6. The van der Waals surface area contributed by atoms with E-state index in [2.05, 4.69) is 66.3 Å². The summed E-state index contributed by atoms with van der Waals surface area (Å²) >= 11 is 0. The summed E-state index contributed by atoms with van der Waals surface area (Å²) in [6.45, 7) is 12.6. The lowest BCUT2D eigenvalue weighted by Gasteiger charge is -2.20. The van der Waals surface area contributed by atoms with Crippen molar-refractivity contribution in [3.8, 4) is 0 Å². The van der Waals surface area contributed by atoms with E-state index in [-0.39, 0.29) is 5.91 Å². The minimum Gasteiger partial charge on any atom is -0.326 e. The Labute approximate surface area is 166 Å². The molecule has 0 fully saturated rings. The summed E-state index contributed by atoms with van der Waals surface area (Å²) < 4.78 is 1.73. The van der Waals surface area contributed by atoms with Crippen LogP contribution in [0.5, 0.6) is 0 Å². The number of para-hydroxylation sites is 1. The number of carbonyl (C=O) groups excluding carboxylic acids is 1. The molecule has 28 heavy (non-hydrogen) atoms. The van der Waals surface area contributed by atoms with Gasteiger partial charge in [-0.3, -0.25) is 4.79 Å². The van der Waals surface area contributed by atoms with Gasteiger partial charge in [0.2, 0.25) is 5.91 Å². The summed E-state index contributed by atoms with van der Waals surface area (Å²) in [7, 11) is 0. The molecule has 0 radical (unpaired) electrons. The molecule has 2 aromatic heterocycles. The highest BCUT2D eigenvalue weighted by Crippen LogP contribution is 2.32. The van der Waals surface area contributed by atoms with E-state index in [1.54, 1.807) is 4.52 Å². The van der Waals surface area contributed by atoms with Crippen molar-refractivity contribution >= 4 is 17.4 Å². The van der Waals surface area contributed by atoms with Crippen molar-refractivity contribution in [3.05, 3.63) is 52.6 Å². The maximum absolute atomic E-state index is 12.8. The lowest BCUT2D eigenvalue weighted by atomic mass is 9.92. The molecule has 3 rings (SSSR count). The average molecular weight is 380 g/mol. The van der Waals surface area contributed by atoms with Gasteiger partial charge in [-0.25, -0.2) is 9.50 Å². The van der Waals surface area contributed by atoms with Crippen LogP contribution in [0.4, 0.5) is 5.69 Å². The monoisotopic (exact) mass is 379 g/mol. The molecular weight excluding hydrogens is 350 g/mol. The smallest absolute Gasteiger partial charge is 0.252 e. The van der Waals surface area contributed by atoms with Crippen molar-refractivity contribution in [2.24, 2.45) is 0 Å². The molecule has 1 aromatic carbocycles. The molecule has 0 saturated carbocycles. The second-order valence-electron chi connectivity index (χ2n) is 7.90. The molecule has 0 aliphatic rings. The molecule has 0 spiro atoms. The van der Waals surface area contributed by atoms with Gasteiger partial charge in [0.05, 0.1) is 0 Å². The Hall–Kier alpha value is -2.76. The van der Waals surface area contributed by atoms with Gasteiger partial charge in [0.1, 0.15) is 6.33 Å². The Kier molecular flexibility index (Phi) is 5.77. The van der Waals surface area contributed by atoms with Crippen LogP contribution in [-0.4, -0.2) is 25.5 Å². The molecule has 3 aromatic rings. The topological polar surface area (TPSA) is 72.2 Å². The Morgan fingerprint density at radius 3 is 2.36 bits per heavy atom. The maximum Gasteiger partial charge on any atom is 0.252 e. The third kappa shape index (κ3) is 3.91. The third-order valence-electron chi connectivity index (χ3n) is 5.23. The first-order valence-electron chi connectivity index (χ1n) is 9.88. The standard InChI is InChI=1S/C22H29N5O/c1-13(2)17-8-7-9-18(14(3)4)21(17)26-20(28)11-10-19-15(5)25-22-23-12-24-27(22)16(19)6/h7-9,12-14H,10-11H2,1-6H3,(H,26,28). The second kappa shape index (κ2) is 8.09. The van der Waals surface area contributed by atoms with Gasteiger partial charge in [-0.2, -0.15) is 10.1 Å². The van der Waals surface area contributed by atoms with E-state index < -0.39 is 0 Å². The molecule has 148 valence electrons. The van der Waals surface area contributed by atoms with Crippen LogP contribution in [0.1, 0.15) is 74.0 Å². The summed E-state index contributed by atoms with van der Waals surface area (Å²) in [5.41, 5.74) is 6.26. The number of anilines is 1. The molecule has 0 bridgehead atoms. The Morgan fingerprint density at radius 2 is 1.75 bits per heavy atom. The zero-order valence-corrected chi connectivity index (χ0v) is 17.6. The number of aromatic nitrogens is 4. The molecule has 0 unspecified atom stereocenters. The lowest BCUT2D eigenvalue weighted by molar-refractivity contribution is -0.116. The number of rotatable bonds is 6. The molecule has 1 N–H and O–H groups in total. The van der Waals surface area contributed by atoms with Crippen LogP contribution in [0, 0.1) is 13.8 Å². The lowest BCUT2D eigenvalue weighted by Crippen LogP contribution is -2.17. The number of fused-ring (bicyclic) bond motifs is 1. The maximum atomic E-state index is 12.8. The normalized spacial score (nSPS) is 11.6. The summed E-state index contributed by atoms with van der Waals surface area (Å²) in [6.07, 6.45) is 2.52. The van der Waals surface area contributed by atoms with Crippen LogP contribution >= 0.6 is 0 Å². The van der Waals surface area contributed by atoms with Crippen molar-refractivity contribution in [2.45, 2.75) is 66.2 Å². The highest BCUT2D eigenvalue weighted by Gasteiger charge is 2.17. The second-order valence-corrected chi connectivity index (χ2v) is 7.90. The summed E-state index contributed by atoms with van der Waals surface area (Å²) in [4.78, 5) is 21.4. The summed E-state index contributed by atoms with van der Waals surface area (Å²) in [6, 6.07) is 6.28. The Balaban J connectivity index is 1.81. The minimum atomic E-state index is 0.0208. The average Bonchev–Trinajstić information content (AvgIpc) is 3.09. The molecule has 0 aliphatic carbocycles. The van der Waals surface area contributed by atoms with Crippen LogP contribution in [-0.2, 0) is 11.2 Å². The van der Waals surface area contributed by atoms with Crippen LogP contribution in [0.3, 0.4) is 0 Å². The van der Waals surface area contributed by atoms with Gasteiger partial charge in [-0.15, -0.1) is 0 Å². The molecular formula is C22H29N5O. The van der Waals surface area contributed by atoms with Gasteiger partial charge >= 0.3 is 0 Å². The van der Waals surface area contributed by atoms with E-state index in [0.717, 1.165) is 22.6 Å². The fraction of sp³-hybridized carbons (Fsp3) is 0.455. The summed E-state index contributed by atoms with van der Waals surface area (Å²) in [5, 5.41) is 7.41. The number of aryl methyl sites for hydroxylation is 2. The SMILES string of the molecule is Cc1nc2ncnn2c(C)c1CCC(=O)Nc1c(C(C)C)cccc1C(C)C. The number of hydrogen-bond donors (Lipinski definition) is 1. The van der Waals surface area contributed by atoms with Crippen LogP contribution in [0.2, 0.25) is 0 Å². The largest absolute Gasteiger partial charge is 0.326 e. The highest BCUT2D eigenvalue weighted by atomic mass is 16.1. The molecule has 0 aliphatic heterocycles. The minimum absolute atomic E-state index is 0.0208. The van der Waals surface area contributed by atoms with E-state index in [9.17, 15) is 4.79 Å². The van der Waals surface area contributed by atoms with Gasteiger partial charge in [0, 0.05) is 23.5 Å². The number of carbonyl (C=O) groups is 1. The number of hydrogen-bond acceptors (Lipinski definition) is 4. The van der Waals surface area contributed by atoms with Crippen molar-refractivity contribution in [2.75, 3.05) is 5.32 Å². The van der Waals surface area contributed by atoms with Crippen molar-refractivity contribution in [3.63, 3.8) is 0 Å². The van der Waals surface area contributed by atoms with Crippen molar-refractivity contribution in [1.82, 2.24) is 19.6 Å². The first-order chi connectivity index (χ1) is 13.3. The van der Waals surface area contributed by atoms with E-state index >= 15 is 0 Å². The molecule has 2 heterocycles. The van der Waals surface area contributed by atoms with E-state index in [4.69, 9.17) is 0 Å². The molecule has 1 amide bonds. The fourth-order valence-electron chi connectivity index (χ4n) is 3.65. The Morgan fingerprint density at radius 1 is 1.11 bits per heavy atom. The third-order valence-corrected chi connectivity index (χ3v) is 5.23. The van der Waals surface area contributed by atoms with Crippen LogP contribution in [0.25, 0.3) is 5.78 Å². The zero-order chi connectivity index (χ0) is 20.4. The quantitative estimate of drug-likeness (QED) is 0.681. The first kappa shape index (κ1) is 20.0. The van der Waals surface area contributed by atoms with Gasteiger partial charge in [0.25, 0.3) is 5.78 Å². The van der Waals surface area contributed by atoms with Crippen molar-refractivity contribution in [1.29, 1.82) is 0 Å². The molecule has 6 heteroatoms. The van der Waals surface area contributed by atoms with E-state index in [1.165, 1.54) is 17.5 Å². The van der Waals surface area contributed by atoms with Crippen LogP contribution in [0.15, 0.2) is 24.5 Å². The number of nitrogens with one attached hydrogen (secondary N) is 1. The van der Waals surface area contributed by atoms with E-state index in [1.807, 2.05) is 13.8 Å². The number of amides is 1. The van der Waals surface area contributed by atoms with Gasteiger partial charge < -0.3 is 5.32 Å². The predicted molar refractivity (Wildman–Crippen MR) is 112 cm³/mol. The number of benzene rings is 1. The Bertz CT molecular complexity index is 977. The predicted octanol–water partition coefficient (Wildman–Crippen LogP) is 4.56. The molecule has 6 nitrogen and oxygen atoms in total. The van der Waals surface area contributed by atoms with Gasteiger partial charge in [-0.05, 0) is 48.8 Å². The van der Waals surface area contributed by atoms with Gasteiger partial charge in [0.15, 0.2) is 0 Å². The van der Waals surface area contributed by atoms with Crippen molar-refractivity contribution < 1.29 is 4.79 Å². The molecule has 0 saturated heterocycles. The van der Waals surface area contributed by atoms with Crippen LogP contribution < -0.4 is 5.32 Å². The molecule has 0 atom stereocenters. The number of nitrogens with zero attached hydrogens (tertiary/aromatic N) is 4. The fourth-order valence-corrected chi connectivity index (χ4v) is 3.65.